The van der Waals surface area contributed by atoms with E-state index in [0.29, 0.717) is 39.0 Å². The summed E-state index contributed by atoms with van der Waals surface area (Å²) in [7, 11) is -4.08. The van der Waals surface area contributed by atoms with Gasteiger partial charge in [-0.05, 0) is 68.8 Å². The van der Waals surface area contributed by atoms with Crippen molar-refractivity contribution in [2.45, 2.75) is 43.9 Å². The van der Waals surface area contributed by atoms with Crippen LogP contribution in [0.3, 0.4) is 0 Å². The molecule has 1 unspecified atom stereocenters. The Balaban J connectivity index is 1.71. The van der Waals surface area contributed by atoms with Crippen LogP contribution in [0.2, 0.25) is 0 Å². The summed E-state index contributed by atoms with van der Waals surface area (Å²) in [6.07, 6.45) is -0.584. The van der Waals surface area contributed by atoms with Crippen molar-refractivity contribution in [3.8, 4) is 23.1 Å². The number of nitrogens with one attached hydrogen (secondary N) is 1. The van der Waals surface area contributed by atoms with E-state index in [0.717, 1.165) is 0 Å². The van der Waals surface area contributed by atoms with Crippen LogP contribution in [0.4, 0.5) is 4.79 Å². The number of fused-ring (bicyclic) bond motifs is 3. The predicted octanol–water partition coefficient (Wildman–Crippen LogP) is 4.87. The van der Waals surface area contributed by atoms with Crippen molar-refractivity contribution in [1.29, 1.82) is 5.26 Å². The Morgan fingerprint density at radius 1 is 1.15 bits per heavy atom. The SMILES string of the molecule is CC(C)(C)OC(=O)NC1COc2c1ccc1c2cc(-c2cc(C#N)cc(CO)c2)n1S(=O)(=O)c1ccccc1. The molecule has 10 heteroatoms. The molecule has 2 N–H and O–H groups in total. The van der Waals surface area contributed by atoms with Crippen molar-refractivity contribution >= 4 is 27.0 Å². The zero-order valence-corrected chi connectivity index (χ0v) is 22.5. The molecule has 9 nitrogen and oxygen atoms in total. The fourth-order valence-electron chi connectivity index (χ4n) is 4.66. The zero-order valence-electron chi connectivity index (χ0n) is 21.6. The largest absolute Gasteiger partial charge is 0.490 e. The standard InChI is InChI=1S/C29H27N3O6S/c1-29(2,3)38-28(34)31-24-17-37-27-22(24)9-10-25-23(27)14-26(20-12-18(15-30)11-19(13-20)16-33)32(25)39(35,36)21-7-5-4-6-8-21/h4-14,24,33H,16-17H2,1-3H3,(H,31,34). The Morgan fingerprint density at radius 3 is 2.56 bits per heavy atom. The maximum absolute atomic E-state index is 14.0. The number of hydrogen-bond acceptors (Lipinski definition) is 7. The van der Waals surface area contributed by atoms with E-state index in [9.17, 15) is 23.6 Å². The first-order valence-electron chi connectivity index (χ1n) is 12.3. The van der Waals surface area contributed by atoms with Crippen LogP contribution >= 0.6 is 0 Å². The Labute approximate surface area is 226 Å². The number of aromatic nitrogens is 1. The summed E-state index contributed by atoms with van der Waals surface area (Å²) in [4.78, 5) is 12.5. The van der Waals surface area contributed by atoms with Crippen molar-refractivity contribution in [2.75, 3.05) is 6.61 Å². The van der Waals surface area contributed by atoms with Gasteiger partial charge in [0.25, 0.3) is 10.0 Å². The third-order valence-corrected chi connectivity index (χ3v) is 8.01. The smallest absolute Gasteiger partial charge is 0.408 e. The molecule has 0 saturated heterocycles. The van der Waals surface area contributed by atoms with Crippen LogP contribution in [-0.4, -0.2) is 35.8 Å². The molecule has 4 aromatic rings. The summed E-state index contributed by atoms with van der Waals surface area (Å²) in [5.41, 5.74) is 1.91. The summed E-state index contributed by atoms with van der Waals surface area (Å²) >= 11 is 0. The molecule has 1 aliphatic heterocycles. The van der Waals surface area contributed by atoms with E-state index < -0.39 is 27.8 Å². The highest BCUT2D eigenvalue weighted by atomic mass is 32.2. The second-order valence-electron chi connectivity index (χ2n) is 10.2. The summed E-state index contributed by atoms with van der Waals surface area (Å²) in [5, 5.41) is 22.7. The Hall–Kier alpha value is -4.33. The Morgan fingerprint density at radius 2 is 1.90 bits per heavy atom. The second kappa shape index (κ2) is 9.76. The number of carbonyl (C=O) groups excluding carboxylic acids is 1. The molecular formula is C29H27N3O6S. The number of alkyl carbamates (subject to hydrolysis) is 1. The van der Waals surface area contributed by atoms with Crippen LogP contribution in [-0.2, 0) is 21.4 Å². The van der Waals surface area contributed by atoms with Gasteiger partial charge in [-0.2, -0.15) is 5.26 Å². The van der Waals surface area contributed by atoms with Crippen molar-refractivity contribution in [1.82, 2.24) is 9.29 Å². The first kappa shape index (κ1) is 26.3. The van der Waals surface area contributed by atoms with Crippen molar-refractivity contribution in [3.63, 3.8) is 0 Å². The molecule has 5 rings (SSSR count). The highest BCUT2D eigenvalue weighted by molar-refractivity contribution is 7.90. The molecule has 0 bridgehead atoms. The zero-order chi connectivity index (χ0) is 27.9. The highest BCUT2D eigenvalue weighted by Crippen LogP contribution is 2.43. The molecule has 1 atom stereocenters. The van der Waals surface area contributed by atoms with Crippen molar-refractivity contribution in [2.24, 2.45) is 0 Å². The van der Waals surface area contributed by atoms with E-state index in [-0.39, 0.29) is 23.7 Å². The van der Waals surface area contributed by atoms with Gasteiger partial charge in [-0.25, -0.2) is 17.2 Å². The summed E-state index contributed by atoms with van der Waals surface area (Å²) in [6, 6.07) is 19.5. The van der Waals surface area contributed by atoms with E-state index in [1.165, 1.54) is 16.1 Å². The topological polar surface area (TPSA) is 131 Å². The lowest BCUT2D eigenvalue weighted by Gasteiger charge is -2.21. The first-order valence-corrected chi connectivity index (χ1v) is 13.7. The van der Waals surface area contributed by atoms with E-state index in [2.05, 4.69) is 11.4 Å². The molecule has 3 aromatic carbocycles. The number of rotatable bonds is 5. The fourth-order valence-corrected chi connectivity index (χ4v) is 6.21. The Kier molecular flexibility index (Phi) is 6.58. The number of nitrogens with zero attached hydrogens (tertiary/aromatic N) is 2. The molecule has 1 amide bonds. The number of benzene rings is 3. The molecule has 0 fully saturated rings. The van der Waals surface area contributed by atoms with Gasteiger partial charge in [0.2, 0.25) is 0 Å². The molecule has 0 radical (unpaired) electrons. The first-order chi connectivity index (χ1) is 18.5. The minimum Gasteiger partial charge on any atom is -0.490 e. The maximum Gasteiger partial charge on any atom is 0.408 e. The summed E-state index contributed by atoms with van der Waals surface area (Å²) in [6.45, 7) is 5.16. The second-order valence-corrected chi connectivity index (χ2v) is 12.0. The lowest BCUT2D eigenvalue weighted by atomic mass is 10.0. The molecule has 1 aromatic heterocycles. The average Bonchev–Trinajstić information content (AvgIpc) is 3.49. The number of hydrogen-bond donors (Lipinski definition) is 2. The van der Waals surface area contributed by atoms with Gasteiger partial charge >= 0.3 is 6.09 Å². The van der Waals surface area contributed by atoms with E-state index in [1.54, 1.807) is 75.4 Å². The Bertz CT molecular complexity index is 1730. The number of aliphatic hydroxyl groups is 1. The summed E-state index contributed by atoms with van der Waals surface area (Å²) in [5.74, 6) is 0.454. The average molecular weight is 546 g/mol. The number of nitriles is 1. The predicted molar refractivity (Wildman–Crippen MR) is 145 cm³/mol. The molecule has 1 aliphatic rings. The maximum atomic E-state index is 14.0. The third-order valence-electron chi connectivity index (χ3n) is 6.26. The molecule has 0 aliphatic carbocycles. The lowest BCUT2D eigenvalue weighted by molar-refractivity contribution is 0.0497. The van der Waals surface area contributed by atoms with Crippen LogP contribution in [0.1, 0.15) is 43.5 Å². The molecule has 200 valence electrons. The van der Waals surface area contributed by atoms with Crippen molar-refractivity contribution < 1.29 is 27.8 Å². The molecule has 0 spiro atoms. The molecule has 39 heavy (non-hydrogen) atoms. The van der Waals surface area contributed by atoms with Gasteiger partial charge in [0.05, 0.1) is 40.4 Å². The minimum atomic E-state index is -4.08. The molecular weight excluding hydrogens is 518 g/mol. The molecule has 0 saturated carbocycles. The van der Waals surface area contributed by atoms with Crippen LogP contribution in [0.25, 0.3) is 22.2 Å². The van der Waals surface area contributed by atoms with Gasteiger partial charge in [0.1, 0.15) is 18.0 Å². The monoisotopic (exact) mass is 545 g/mol. The lowest BCUT2D eigenvalue weighted by Crippen LogP contribution is -2.35. The van der Waals surface area contributed by atoms with Gasteiger partial charge in [0.15, 0.2) is 0 Å². The highest BCUT2D eigenvalue weighted by Gasteiger charge is 2.32. The van der Waals surface area contributed by atoms with E-state index >= 15 is 0 Å². The van der Waals surface area contributed by atoms with E-state index in [4.69, 9.17) is 9.47 Å². The van der Waals surface area contributed by atoms with Crippen molar-refractivity contribution in [3.05, 3.63) is 83.4 Å². The number of ether oxygens (including phenoxy) is 2. The quantitative estimate of drug-likeness (QED) is 0.366. The van der Waals surface area contributed by atoms with Crippen LogP contribution in [0, 0.1) is 11.3 Å². The van der Waals surface area contributed by atoms with Gasteiger partial charge in [0, 0.05) is 16.5 Å². The summed E-state index contributed by atoms with van der Waals surface area (Å²) < 4.78 is 40.6. The van der Waals surface area contributed by atoms with Gasteiger partial charge < -0.3 is 19.9 Å². The minimum absolute atomic E-state index is 0.0912. The fraction of sp³-hybridized carbons (Fsp3) is 0.241. The van der Waals surface area contributed by atoms with Gasteiger partial charge in [-0.1, -0.05) is 24.3 Å². The van der Waals surface area contributed by atoms with Crippen LogP contribution in [0.15, 0.2) is 71.6 Å². The normalized spacial score (nSPS) is 14.9. The van der Waals surface area contributed by atoms with Crippen LogP contribution in [0.5, 0.6) is 5.75 Å². The van der Waals surface area contributed by atoms with Gasteiger partial charge in [-0.3, -0.25) is 0 Å². The number of carbonyl (C=O) groups is 1. The number of amides is 1. The van der Waals surface area contributed by atoms with E-state index in [1.807, 2.05) is 0 Å². The third kappa shape index (κ3) is 4.94. The van der Waals surface area contributed by atoms with Gasteiger partial charge in [-0.15, -0.1) is 0 Å². The number of aliphatic hydroxyl groups excluding tert-OH is 1. The molecule has 2 heterocycles. The van der Waals surface area contributed by atoms with Crippen LogP contribution < -0.4 is 10.1 Å².